The molecule has 3 fully saturated rings. The Hall–Kier alpha value is -0.810. The minimum Gasteiger partial charge on any atom is -0.444 e. The average Bonchev–Trinajstić information content (AvgIpc) is 3.22. The predicted molar refractivity (Wildman–Crippen MR) is 89.5 cm³/mol. The van der Waals surface area contributed by atoms with E-state index >= 15 is 0 Å². The van der Waals surface area contributed by atoms with Crippen LogP contribution in [0.4, 0.5) is 4.79 Å². The average molecular weight is 324 g/mol. The van der Waals surface area contributed by atoms with E-state index in [9.17, 15) is 4.79 Å². The Bertz CT molecular complexity index is 403. The van der Waals surface area contributed by atoms with E-state index in [0.29, 0.717) is 18.1 Å². The summed E-state index contributed by atoms with van der Waals surface area (Å²) in [6.07, 6.45) is 6.87. The molecule has 1 N–H and O–H groups in total. The molecule has 5 heteroatoms. The van der Waals surface area contributed by atoms with Crippen molar-refractivity contribution in [2.24, 2.45) is 5.92 Å². The second-order valence-corrected chi connectivity index (χ2v) is 8.41. The van der Waals surface area contributed by atoms with Crippen molar-refractivity contribution in [3.05, 3.63) is 0 Å². The Morgan fingerprint density at radius 1 is 1.13 bits per heavy atom. The normalized spacial score (nSPS) is 30.6. The van der Waals surface area contributed by atoms with Gasteiger partial charge in [-0.05, 0) is 65.2 Å². The third-order valence-corrected chi connectivity index (χ3v) is 5.07. The maximum Gasteiger partial charge on any atom is 0.410 e. The number of nitrogens with one attached hydrogen (secondary N) is 1. The molecule has 2 bridgehead atoms. The van der Waals surface area contributed by atoms with Crippen LogP contribution in [0.5, 0.6) is 0 Å². The molecule has 0 aromatic heterocycles. The number of carbonyl (C=O) groups excluding carboxylic acids is 1. The number of ether oxygens (including phenoxy) is 2. The molecule has 1 amide bonds. The molecule has 3 aliphatic rings. The van der Waals surface area contributed by atoms with Gasteiger partial charge in [0.05, 0.1) is 6.61 Å². The van der Waals surface area contributed by atoms with Crippen molar-refractivity contribution in [2.75, 3.05) is 19.8 Å². The van der Waals surface area contributed by atoms with Gasteiger partial charge in [-0.3, -0.25) is 0 Å². The van der Waals surface area contributed by atoms with Gasteiger partial charge in [0.2, 0.25) is 0 Å². The van der Waals surface area contributed by atoms with E-state index in [1.54, 1.807) is 0 Å². The number of rotatable bonds is 6. The lowest BCUT2D eigenvalue weighted by Gasteiger charge is -2.39. The number of hydrogen-bond acceptors (Lipinski definition) is 4. The first-order valence-corrected chi connectivity index (χ1v) is 9.25. The van der Waals surface area contributed by atoms with Crippen molar-refractivity contribution >= 4 is 6.09 Å². The van der Waals surface area contributed by atoms with Gasteiger partial charge in [-0.2, -0.15) is 0 Å². The summed E-state index contributed by atoms with van der Waals surface area (Å²) >= 11 is 0. The zero-order chi connectivity index (χ0) is 16.4. The summed E-state index contributed by atoms with van der Waals surface area (Å²) < 4.78 is 11.3. The van der Waals surface area contributed by atoms with E-state index in [2.05, 4.69) is 5.32 Å². The summed E-state index contributed by atoms with van der Waals surface area (Å²) in [6.45, 7) is 8.46. The Kier molecular flexibility index (Phi) is 5.16. The Balaban J connectivity index is 1.40. The van der Waals surface area contributed by atoms with E-state index in [1.807, 2.05) is 25.7 Å². The zero-order valence-electron chi connectivity index (χ0n) is 14.8. The molecule has 1 saturated carbocycles. The highest BCUT2D eigenvalue weighted by Gasteiger charge is 2.44. The summed E-state index contributed by atoms with van der Waals surface area (Å²) in [6, 6.07) is 1.19. The molecule has 5 nitrogen and oxygen atoms in total. The van der Waals surface area contributed by atoms with Crippen LogP contribution < -0.4 is 5.32 Å². The summed E-state index contributed by atoms with van der Waals surface area (Å²) in [5.41, 5.74) is -0.412. The second-order valence-electron chi connectivity index (χ2n) is 8.41. The standard InChI is InChI=1S/C18H32N2O3/c1-18(2,3)23-17(21)20-15-6-7-16(20)11-14(10-15)19-8-9-22-12-13-4-5-13/h13-16,19H,4-12H2,1-3H3. The van der Waals surface area contributed by atoms with E-state index in [1.165, 1.54) is 12.8 Å². The summed E-state index contributed by atoms with van der Waals surface area (Å²) in [7, 11) is 0. The summed E-state index contributed by atoms with van der Waals surface area (Å²) in [4.78, 5) is 14.4. The number of piperidine rings is 1. The molecule has 0 spiro atoms. The van der Waals surface area contributed by atoms with Crippen molar-refractivity contribution in [1.29, 1.82) is 0 Å². The largest absolute Gasteiger partial charge is 0.444 e. The maximum absolute atomic E-state index is 12.4. The molecule has 132 valence electrons. The number of amides is 1. The minimum absolute atomic E-state index is 0.129. The molecular formula is C18H32N2O3. The van der Waals surface area contributed by atoms with Crippen LogP contribution in [0.1, 0.15) is 59.3 Å². The monoisotopic (exact) mass is 324 g/mol. The Morgan fingerprint density at radius 2 is 1.78 bits per heavy atom. The van der Waals surface area contributed by atoms with Gasteiger partial charge in [-0.1, -0.05) is 0 Å². The van der Waals surface area contributed by atoms with Crippen molar-refractivity contribution in [2.45, 2.75) is 83.0 Å². The van der Waals surface area contributed by atoms with Gasteiger partial charge in [0.15, 0.2) is 0 Å². The smallest absolute Gasteiger partial charge is 0.410 e. The fraction of sp³-hybridized carbons (Fsp3) is 0.944. The van der Waals surface area contributed by atoms with Gasteiger partial charge < -0.3 is 19.7 Å². The van der Waals surface area contributed by atoms with Gasteiger partial charge in [0, 0.05) is 31.3 Å². The Morgan fingerprint density at radius 3 is 2.35 bits per heavy atom. The number of hydrogen-bond donors (Lipinski definition) is 1. The molecule has 2 aliphatic heterocycles. The molecule has 2 unspecified atom stereocenters. The van der Waals surface area contributed by atoms with Crippen LogP contribution in [0.15, 0.2) is 0 Å². The van der Waals surface area contributed by atoms with E-state index < -0.39 is 5.60 Å². The first-order chi connectivity index (χ1) is 10.9. The molecule has 3 rings (SSSR count). The summed E-state index contributed by atoms with van der Waals surface area (Å²) in [5.74, 6) is 0.836. The van der Waals surface area contributed by atoms with Crippen LogP contribution in [0.3, 0.4) is 0 Å². The van der Waals surface area contributed by atoms with Gasteiger partial charge in [-0.25, -0.2) is 4.79 Å². The molecule has 0 aromatic carbocycles. The molecule has 2 saturated heterocycles. The third-order valence-electron chi connectivity index (χ3n) is 5.07. The fourth-order valence-electron chi connectivity index (χ4n) is 3.83. The van der Waals surface area contributed by atoms with Crippen molar-refractivity contribution in [1.82, 2.24) is 10.2 Å². The van der Waals surface area contributed by atoms with Crippen LogP contribution in [-0.2, 0) is 9.47 Å². The quantitative estimate of drug-likeness (QED) is 0.763. The lowest BCUT2D eigenvalue weighted by Crippen LogP contribution is -2.52. The second kappa shape index (κ2) is 6.98. The topological polar surface area (TPSA) is 50.8 Å². The highest BCUT2D eigenvalue weighted by Crippen LogP contribution is 2.36. The maximum atomic E-state index is 12.4. The number of carbonyl (C=O) groups is 1. The van der Waals surface area contributed by atoms with E-state index in [-0.39, 0.29) is 6.09 Å². The predicted octanol–water partition coefficient (Wildman–Crippen LogP) is 2.93. The molecule has 2 heterocycles. The van der Waals surface area contributed by atoms with E-state index in [0.717, 1.165) is 51.4 Å². The van der Waals surface area contributed by atoms with Gasteiger partial charge in [-0.15, -0.1) is 0 Å². The van der Waals surface area contributed by atoms with Gasteiger partial charge in [0.25, 0.3) is 0 Å². The highest BCUT2D eigenvalue weighted by atomic mass is 16.6. The van der Waals surface area contributed by atoms with Crippen LogP contribution >= 0.6 is 0 Å². The first kappa shape index (κ1) is 17.0. The van der Waals surface area contributed by atoms with E-state index in [4.69, 9.17) is 9.47 Å². The number of nitrogens with zero attached hydrogens (tertiary/aromatic N) is 1. The van der Waals surface area contributed by atoms with Crippen LogP contribution in [0.25, 0.3) is 0 Å². The molecule has 2 atom stereocenters. The zero-order valence-corrected chi connectivity index (χ0v) is 14.8. The minimum atomic E-state index is -0.412. The number of fused-ring (bicyclic) bond motifs is 2. The highest BCUT2D eigenvalue weighted by molar-refractivity contribution is 5.69. The van der Waals surface area contributed by atoms with Crippen LogP contribution in [-0.4, -0.2) is 54.5 Å². The molecular weight excluding hydrogens is 292 g/mol. The first-order valence-electron chi connectivity index (χ1n) is 9.25. The fourth-order valence-corrected chi connectivity index (χ4v) is 3.83. The van der Waals surface area contributed by atoms with Gasteiger partial charge >= 0.3 is 6.09 Å². The Labute approximate surface area is 140 Å². The van der Waals surface area contributed by atoms with Gasteiger partial charge in [0.1, 0.15) is 5.60 Å². The molecule has 1 aliphatic carbocycles. The lowest BCUT2D eigenvalue weighted by atomic mass is 9.98. The molecule has 23 heavy (non-hydrogen) atoms. The molecule has 0 radical (unpaired) electrons. The summed E-state index contributed by atoms with van der Waals surface area (Å²) in [5, 5.41) is 3.62. The molecule has 0 aromatic rings. The third kappa shape index (κ3) is 4.83. The van der Waals surface area contributed by atoms with Crippen molar-refractivity contribution in [3.8, 4) is 0 Å². The lowest BCUT2D eigenvalue weighted by molar-refractivity contribution is 0.00435. The van der Waals surface area contributed by atoms with Crippen molar-refractivity contribution < 1.29 is 14.3 Å². The van der Waals surface area contributed by atoms with Crippen LogP contribution in [0.2, 0.25) is 0 Å². The SMILES string of the molecule is CC(C)(C)OC(=O)N1C2CCC1CC(NCCOCC1CC1)C2. The van der Waals surface area contributed by atoms with Crippen LogP contribution in [0, 0.1) is 5.92 Å². The van der Waals surface area contributed by atoms with Crippen molar-refractivity contribution in [3.63, 3.8) is 0 Å².